The number of rotatable bonds is 3. The highest BCUT2D eigenvalue weighted by atomic mass is 19.3. The number of alkyl halides is 2. The van der Waals surface area contributed by atoms with Gasteiger partial charge in [0.15, 0.2) is 0 Å². The van der Waals surface area contributed by atoms with Gasteiger partial charge in [0.2, 0.25) is 5.91 Å². The number of hydrogen-bond donors (Lipinski definition) is 0. The molecule has 0 N–H and O–H groups in total. The average molecular weight is 324 g/mol. The summed E-state index contributed by atoms with van der Waals surface area (Å²) in [7, 11) is 0. The van der Waals surface area contributed by atoms with Crippen molar-refractivity contribution >= 4 is 5.91 Å². The molecule has 5 nitrogen and oxygen atoms in total. The topological polar surface area (TPSA) is 49.3 Å². The molecule has 3 rings (SSSR count). The highest BCUT2D eigenvalue weighted by molar-refractivity contribution is 5.85. The number of hydrogen-bond acceptors (Lipinski definition) is 4. The summed E-state index contributed by atoms with van der Waals surface area (Å²) in [5, 5.41) is 0. The van der Waals surface area contributed by atoms with Gasteiger partial charge in [0.1, 0.15) is 0 Å². The Morgan fingerprint density at radius 2 is 2.09 bits per heavy atom. The lowest BCUT2D eigenvalue weighted by Crippen LogP contribution is -2.55. The molecule has 0 unspecified atom stereocenters. The standard InChI is InChI=1S/C16H22F2N4O/c1-3-22-5-4-15(14(22)23)9-16(17,18)11-21(10-15)8-13-7-19-6-12(2)20-13/h6-7H,3-5,8-11H2,1-2H3/t15-/m0/s1. The van der Waals surface area contributed by atoms with E-state index in [1.165, 1.54) is 0 Å². The SMILES string of the molecule is CCN1CC[C@]2(CN(Cc3cncc(C)n3)CC(F)(F)C2)C1=O. The lowest BCUT2D eigenvalue weighted by Gasteiger charge is -2.42. The number of halogens is 2. The maximum Gasteiger partial charge on any atom is 0.261 e. The first kappa shape index (κ1) is 16.2. The molecule has 7 heteroatoms. The third-order valence-electron chi connectivity index (χ3n) is 4.75. The molecule has 2 saturated heterocycles. The Hall–Kier alpha value is -1.63. The summed E-state index contributed by atoms with van der Waals surface area (Å²) in [5.41, 5.74) is 0.473. The van der Waals surface area contributed by atoms with E-state index in [4.69, 9.17) is 0 Å². The minimum absolute atomic E-state index is 0.125. The highest BCUT2D eigenvalue weighted by Gasteiger charge is 2.56. The minimum atomic E-state index is -2.85. The van der Waals surface area contributed by atoms with Crippen LogP contribution < -0.4 is 0 Å². The van der Waals surface area contributed by atoms with Crippen molar-refractivity contribution in [3.05, 3.63) is 23.8 Å². The van der Waals surface area contributed by atoms with Crippen molar-refractivity contribution < 1.29 is 13.6 Å². The van der Waals surface area contributed by atoms with Crippen molar-refractivity contribution in [3.63, 3.8) is 0 Å². The number of aryl methyl sites for hydroxylation is 1. The normalized spacial score (nSPS) is 27.8. The molecular weight excluding hydrogens is 302 g/mol. The minimum Gasteiger partial charge on any atom is -0.342 e. The Labute approximate surface area is 134 Å². The van der Waals surface area contributed by atoms with Gasteiger partial charge in [-0.25, -0.2) is 8.78 Å². The zero-order valence-electron chi connectivity index (χ0n) is 13.6. The molecule has 1 aromatic heterocycles. The summed E-state index contributed by atoms with van der Waals surface area (Å²) >= 11 is 0. The Morgan fingerprint density at radius 1 is 1.30 bits per heavy atom. The molecule has 1 aromatic rings. The molecule has 1 amide bonds. The van der Waals surface area contributed by atoms with Crippen molar-refractivity contribution in [3.8, 4) is 0 Å². The molecule has 2 aliphatic rings. The van der Waals surface area contributed by atoms with Gasteiger partial charge in [-0.15, -0.1) is 0 Å². The summed E-state index contributed by atoms with van der Waals surface area (Å²) in [4.78, 5) is 24.3. The second-order valence-electron chi connectivity index (χ2n) is 6.74. The van der Waals surface area contributed by atoms with Gasteiger partial charge in [0.25, 0.3) is 5.92 Å². The van der Waals surface area contributed by atoms with Crippen LogP contribution >= 0.6 is 0 Å². The molecule has 0 radical (unpaired) electrons. The fraction of sp³-hybridized carbons (Fsp3) is 0.688. The van der Waals surface area contributed by atoms with Crippen molar-refractivity contribution in [2.24, 2.45) is 5.41 Å². The van der Waals surface area contributed by atoms with Gasteiger partial charge < -0.3 is 4.90 Å². The second kappa shape index (κ2) is 5.78. The van der Waals surface area contributed by atoms with Crippen LogP contribution in [-0.2, 0) is 11.3 Å². The third kappa shape index (κ3) is 3.20. The Balaban J connectivity index is 1.81. The molecule has 1 spiro atoms. The fourth-order valence-corrected chi connectivity index (χ4v) is 3.86. The van der Waals surface area contributed by atoms with Gasteiger partial charge in [0, 0.05) is 45.0 Å². The van der Waals surface area contributed by atoms with Crippen LogP contribution in [0.4, 0.5) is 8.78 Å². The van der Waals surface area contributed by atoms with Crippen LogP contribution in [0, 0.1) is 12.3 Å². The molecule has 0 aromatic carbocycles. The van der Waals surface area contributed by atoms with Crippen LogP contribution in [-0.4, -0.2) is 57.8 Å². The number of amides is 1. The van der Waals surface area contributed by atoms with Crippen molar-refractivity contribution in [2.45, 2.75) is 39.2 Å². The largest absolute Gasteiger partial charge is 0.342 e. The molecule has 1 atom stereocenters. The molecule has 126 valence electrons. The van der Waals surface area contributed by atoms with E-state index < -0.39 is 11.3 Å². The van der Waals surface area contributed by atoms with E-state index >= 15 is 0 Å². The van der Waals surface area contributed by atoms with Gasteiger partial charge in [-0.1, -0.05) is 0 Å². The second-order valence-corrected chi connectivity index (χ2v) is 6.74. The monoisotopic (exact) mass is 324 g/mol. The number of carbonyl (C=O) groups excluding carboxylic acids is 1. The average Bonchev–Trinajstić information content (AvgIpc) is 2.73. The number of likely N-dealkylation sites (tertiary alicyclic amines) is 2. The summed E-state index contributed by atoms with van der Waals surface area (Å²) in [6.07, 6.45) is 3.40. The molecule has 0 bridgehead atoms. The van der Waals surface area contributed by atoms with E-state index in [2.05, 4.69) is 9.97 Å². The number of aromatic nitrogens is 2. The summed E-state index contributed by atoms with van der Waals surface area (Å²) in [5.74, 6) is -2.98. The van der Waals surface area contributed by atoms with Crippen LogP contribution in [0.15, 0.2) is 12.4 Å². The predicted molar refractivity (Wildman–Crippen MR) is 80.9 cm³/mol. The van der Waals surface area contributed by atoms with E-state index in [0.717, 1.165) is 5.69 Å². The van der Waals surface area contributed by atoms with Crippen LogP contribution in [0.3, 0.4) is 0 Å². The van der Waals surface area contributed by atoms with Gasteiger partial charge in [-0.2, -0.15) is 0 Å². The van der Waals surface area contributed by atoms with Gasteiger partial charge >= 0.3 is 0 Å². The number of carbonyl (C=O) groups is 1. The van der Waals surface area contributed by atoms with E-state index in [-0.39, 0.29) is 18.9 Å². The zero-order chi connectivity index (χ0) is 16.7. The van der Waals surface area contributed by atoms with Gasteiger partial charge in [0.05, 0.1) is 23.3 Å². The zero-order valence-corrected chi connectivity index (χ0v) is 13.6. The van der Waals surface area contributed by atoms with E-state index in [1.807, 2.05) is 13.8 Å². The summed E-state index contributed by atoms with van der Waals surface area (Å²) in [6.45, 7) is 5.20. The Kier molecular flexibility index (Phi) is 4.08. The van der Waals surface area contributed by atoms with Crippen molar-refractivity contribution in [1.29, 1.82) is 0 Å². The number of nitrogens with zero attached hydrogens (tertiary/aromatic N) is 4. The molecule has 2 fully saturated rings. The van der Waals surface area contributed by atoms with E-state index in [0.29, 0.717) is 38.3 Å². The third-order valence-corrected chi connectivity index (χ3v) is 4.75. The smallest absolute Gasteiger partial charge is 0.261 e. The van der Waals surface area contributed by atoms with E-state index in [1.54, 1.807) is 22.2 Å². The first-order valence-electron chi connectivity index (χ1n) is 8.01. The van der Waals surface area contributed by atoms with Crippen molar-refractivity contribution in [2.75, 3.05) is 26.2 Å². The van der Waals surface area contributed by atoms with Crippen LogP contribution in [0.25, 0.3) is 0 Å². The van der Waals surface area contributed by atoms with Crippen LogP contribution in [0.1, 0.15) is 31.2 Å². The fourth-order valence-electron chi connectivity index (χ4n) is 3.86. The first-order chi connectivity index (χ1) is 10.8. The lowest BCUT2D eigenvalue weighted by atomic mass is 9.77. The summed E-state index contributed by atoms with van der Waals surface area (Å²) in [6, 6.07) is 0. The molecule has 3 heterocycles. The molecule has 23 heavy (non-hydrogen) atoms. The quantitative estimate of drug-likeness (QED) is 0.852. The first-order valence-corrected chi connectivity index (χ1v) is 8.01. The lowest BCUT2D eigenvalue weighted by molar-refractivity contribution is -0.155. The maximum atomic E-state index is 14.3. The molecule has 2 aliphatic heterocycles. The Bertz CT molecular complexity index is 609. The molecule has 0 saturated carbocycles. The maximum absolute atomic E-state index is 14.3. The number of piperidine rings is 1. The predicted octanol–water partition coefficient (Wildman–Crippen LogP) is 1.86. The van der Waals surface area contributed by atoms with Crippen LogP contribution in [0.2, 0.25) is 0 Å². The van der Waals surface area contributed by atoms with Crippen LogP contribution in [0.5, 0.6) is 0 Å². The Morgan fingerprint density at radius 3 is 2.74 bits per heavy atom. The molecule has 0 aliphatic carbocycles. The van der Waals surface area contributed by atoms with Crippen molar-refractivity contribution in [1.82, 2.24) is 19.8 Å². The molecular formula is C16H22F2N4O. The van der Waals surface area contributed by atoms with Gasteiger partial charge in [-0.05, 0) is 20.3 Å². The highest BCUT2D eigenvalue weighted by Crippen LogP contribution is 2.45. The summed E-state index contributed by atoms with van der Waals surface area (Å²) < 4.78 is 28.6. The van der Waals surface area contributed by atoms with Gasteiger partial charge in [-0.3, -0.25) is 19.7 Å². The van der Waals surface area contributed by atoms with E-state index in [9.17, 15) is 13.6 Å².